The van der Waals surface area contributed by atoms with Gasteiger partial charge in [0.1, 0.15) is 0 Å². The van der Waals surface area contributed by atoms with E-state index in [1.807, 2.05) is 0 Å². The van der Waals surface area contributed by atoms with E-state index in [1.54, 1.807) is 0 Å². The largest absolute Gasteiger partial charge is 0.302 e. The number of amides is 1. The molecule has 2 aliphatic rings. The lowest BCUT2D eigenvalue weighted by atomic mass is 9.88. The molecule has 1 saturated heterocycles. The van der Waals surface area contributed by atoms with Crippen molar-refractivity contribution < 1.29 is 4.79 Å². The van der Waals surface area contributed by atoms with E-state index in [-0.39, 0.29) is 11.8 Å². The van der Waals surface area contributed by atoms with Crippen molar-refractivity contribution in [3.05, 3.63) is 0 Å². The first-order valence-corrected chi connectivity index (χ1v) is 7.02. The van der Waals surface area contributed by atoms with Gasteiger partial charge in [-0.05, 0) is 38.1 Å². The second kappa shape index (κ2) is 6.36. The third kappa shape index (κ3) is 3.68. The van der Waals surface area contributed by atoms with Gasteiger partial charge >= 0.3 is 0 Å². The molecule has 1 aliphatic heterocycles. The predicted octanol–water partition coefficient (Wildman–Crippen LogP) is 1.27. The van der Waals surface area contributed by atoms with Gasteiger partial charge in [-0.25, -0.2) is 5.84 Å². The molecule has 1 amide bonds. The first-order chi connectivity index (χ1) is 8.29. The Morgan fingerprint density at radius 2 is 1.94 bits per heavy atom. The standard InChI is InChI=1S/C13H25N3O/c14-15-13(17)12-7-4-8-16(10-12)9-11-5-2-1-3-6-11/h11-12H,1-10,14H2,(H,15,17)/t12-/m1/s1. The third-order valence-corrected chi connectivity index (χ3v) is 4.26. The van der Waals surface area contributed by atoms with Crippen molar-refractivity contribution in [3.63, 3.8) is 0 Å². The van der Waals surface area contributed by atoms with E-state index >= 15 is 0 Å². The molecule has 0 unspecified atom stereocenters. The Morgan fingerprint density at radius 1 is 1.18 bits per heavy atom. The molecule has 2 fully saturated rings. The minimum Gasteiger partial charge on any atom is -0.302 e. The predicted molar refractivity (Wildman–Crippen MR) is 68.1 cm³/mol. The average molecular weight is 239 g/mol. The van der Waals surface area contributed by atoms with Crippen molar-refractivity contribution in [2.24, 2.45) is 17.7 Å². The van der Waals surface area contributed by atoms with E-state index in [4.69, 9.17) is 5.84 Å². The van der Waals surface area contributed by atoms with Gasteiger partial charge in [-0.3, -0.25) is 10.2 Å². The summed E-state index contributed by atoms with van der Waals surface area (Å²) in [6.07, 6.45) is 9.08. The molecule has 0 radical (unpaired) electrons. The maximum Gasteiger partial charge on any atom is 0.238 e. The second-order valence-electron chi connectivity index (χ2n) is 5.61. The van der Waals surface area contributed by atoms with Crippen LogP contribution in [0.2, 0.25) is 0 Å². The van der Waals surface area contributed by atoms with Gasteiger partial charge < -0.3 is 4.90 Å². The average Bonchev–Trinajstić information content (AvgIpc) is 2.39. The molecule has 0 aromatic rings. The van der Waals surface area contributed by atoms with Crippen molar-refractivity contribution in [1.82, 2.24) is 10.3 Å². The monoisotopic (exact) mass is 239 g/mol. The van der Waals surface area contributed by atoms with Crippen LogP contribution in [0.1, 0.15) is 44.9 Å². The molecule has 0 aromatic heterocycles. The van der Waals surface area contributed by atoms with Crippen LogP contribution in [-0.4, -0.2) is 30.4 Å². The van der Waals surface area contributed by atoms with Gasteiger partial charge in [0.05, 0.1) is 5.92 Å². The summed E-state index contributed by atoms with van der Waals surface area (Å²) in [6, 6.07) is 0. The first-order valence-electron chi connectivity index (χ1n) is 7.02. The van der Waals surface area contributed by atoms with E-state index in [9.17, 15) is 4.79 Å². The molecule has 1 atom stereocenters. The number of rotatable bonds is 3. The zero-order valence-corrected chi connectivity index (χ0v) is 10.7. The van der Waals surface area contributed by atoms with Gasteiger partial charge in [-0.2, -0.15) is 0 Å². The second-order valence-corrected chi connectivity index (χ2v) is 5.61. The van der Waals surface area contributed by atoms with Crippen LogP contribution < -0.4 is 11.3 Å². The maximum atomic E-state index is 11.5. The first kappa shape index (κ1) is 12.8. The summed E-state index contributed by atoms with van der Waals surface area (Å²) >= 11 is 0. The number of carbonyl (C=O) groups excluding carboxylic acids is 1. The Hall–Kier alpha value is -0.610. The maximum absolute atomic E-state index is 11.5. The van der Waals surface area contributed by atoms with Crippen molar-refractivity contribution in [2.75, 3.05) is 19.6 Å². The molecule has 3 N–H and O–H groups in total. The lowest BCUT2D eigenvalue weighted by Gasteiger charge is -2.35. The van der Waals surface area contributed by atoms with Crippen LogP contribution in [-0.2, 0) is 4.79 Å². The van der Waals surface area contributed by atoms with Crippen LogP contribution in [0.3, 0.4) is 0 Å². The van der Waals surface area contributed by atoms with Gasteiger partial charge in [-0.15, -0.1) is 0 Å². The van der Waals surface area contributed by atoms with E-state index in [0.717, 1.165) is 31.8 Å². The molecule has 0 aromatic carbocycles. The number of nitrogens with one attached hydrogen (secondary N) is 1. The summed E-state index contributed by atoms with van der Waals surface area (Å²) in [7, 11) is 0. The number of hydrazine groups is 1. The number of hydrogen-bond donors (Lipinski definition) is 2. The van der Waals surface area contributed by atoms with Crippen LogP contribution in [0, 0.1) is 11.8 Å². The summed E-state index contributed by atoms with van der Waals surface area (Å²) < 4.78 is 0. The summed E-state index contributed by atoms with van der Waals surface area (Å²) in [4.78, 5) is 14.0. The molecule has 1 heterocycles. The van der Waals surface area contributed by atoms with Crippen LogP contribution in [0.25, 0.3) is 0 Å². The molecular formula is C13H25N3O. The molecule has 4 nitrogen and oxygen atoms in total. The fourth-order valence-electron chi connectivity index (χ4n) is 3.29. The quantitative estimate of drug-likeness (QED) is 0.443. The highest BCUT2D eigenvalue weighted by molar-refractivity contribution is 5.78. The topological polar surface area (TPSA) is 58.4 Å². The lowest BCUT2D eigenvalue weighted by Crippen LogP contribution is -2.46. The van der Waals surface area contributed by atoms with Crippen molar-refractivity contribution >= 4 is 5.91 Å². The number of nitrogens with zero attached hydrogens (tertiary/aromatic N) is 1. The van der Waals surface area contributed by atoms with Gasteiger partial charge in [-0.1, -0.05) is 19.3 Å². The number of likely N-dealkylation sites (tertiary alicyclic amines) is 1. The van der Waals surface area contributed by atoms with Gasteiger partial charge in [0, 0.05) is 13.1 Å². The van der Waals surface area contributed by atoms with Crippen LogP contribution in [0.4, 0.5) is 0 Å². The lowest BCUT2D eigenvalue weighted by molar-refractivity contribution is -0.126. The summed E-state index contributed by atoms with van der Waals surface area (Å²) in [6.45, 7) is 3.25. The van der Waals surface area contributed by atoms with Crippen LogP contribution >= 0.6 is 0 Å². The molecular weight excluding hydrogens is 214 g/mol. The Balaban J connectivity index is 1.78. The normalized spacial score (nSPS) is 27.9. The van der Waals surface area contributed by atoms with Crippen LogP contribution in [0.5, 0.6) is 0 Å². The Labute approximate surface area is 104 Å². The van der Waals surface area contributed by atoms with Gasteiger partial charge in [0.2, 0.25) is 5.91 Å². The number of piperidine rings is 1. The zero-order valence-electron chi connectivity index (χ0n) is 10.7. The van der Waals surface area contributed by atoms with Crippen LogP contribution in [0.15, 0.2) is 0 Å². The van der Waals surface area contributed by atoms with E-state index in [2.05, 4.69) is 10.3 Å². The van der Waals surface area contributed by atoms with Crippen molar-refractivity contribution in [3.8, 4) is 0 Å². The fraction of sp³-hybridized carbons (Fsp3) is 0.923. The van der Waals surface area contributed by atoms with E-state index in [0.29, 0.717) is 0 Å². The minimum atomic E-state index is 0.0124. The molecule has 0 spiro atoms. The number of hydrogen-bond acceptors (Lipinski definition) is 3. The molecule has 4 heteroatoms. The highest BCUT2D eigenvalue weighted by Crippen LogP contribution is 2.26. The molecule has 1 saturated carbocycles. The molecule has 98 valence electrons. The minimum absolute atomic E-state index is 0.0124. The van der Waals surface area contributed by atoms with Crippen molar-refractivity contribution in [1.29, 1.82) is 0 Å². The Bertz CT molecular complexity index is 251. The third-order valence-electron chi connectivity index (χ3n) is 4.26. The Kier molecular flexibility index (Phi) is 4.80. The van der Waals surface area contributed by atoms with Gasteiger partial charge in [0.25, 0.3) is 0 Å². The highest BCUT2D eigenvalue weighted by atomic mass is 16.2. The smallest absolute Gasteiger partial charge is 0.238 e. The summed E-state index contributed by atoms with van der Waals surface area (Å²) in [5.74, 6) is 6.20. The van der Waals surface area contributed by atoms with E-state index in [1.165, 1.54) is 38.6 Å². The zero-order chi connectivity index (χ0) is 12.1. The Morgan fingerprint density at radius 3 is 2.65 bits per heavy atom. The summed E-state index contributed by atoms with van der Waals surface area (Å²) in [5, 5.41) is 0. The molecule has 2 rings (SSSR count). The number of carbonyl (C=O) groups is 1. The number of nitrogens with two attached hydrogens (primary N) is 1. The fourth-order valence-corrected chi connectivity index (χ4v) is 3.29. The van der Waals surface area contributed by atoms with Gasteiger partial charge in [0.15, 0.2) is 0 Å². The summed E-state index contributed by atoms with van der Waals surface area (Å²) in [5.41, 5.74) is 2.29. The van der Waals surface area contributed by atoms with Crippen molar-refractivity contribution in [2.45, 2.75) is 44.9 Å². The van der Waals surface area contributed by atoms with E-state index < -0.39 is 0 Å². The SMILES string of the molecule is NNC(=O)[C@@H]1CCCN(CC2CCCCC2)C1. The molecule has 1 aliphatic carbocycles. The molecule has 0 bridgehead atoms. The molecule has 17 heavy (non-hydrogen) atoms. The highest BCUT2D eigenvalue weighted by Gasteiger charge is 2.27.